The predicted octanol–water partition coefficient (Wildman–Crippen LogP) is -0.773. The number of nitrogens with one attached hydrogen (secondary N) is 1. The summed E-state index contributed by atoms with van der Waals surface area (Å²) in [6.45, 7) is 0. The molecule has 5 nitrogen and oxygen atoms in total. The fourth-order valence-corrected chi connectivity index (χ4v) is 0.903. The number of nitrogens with two attached hydrogens (primary N) is 1. The quantitative estimate of drug-likeness (QED) is 0.474. The first-order valence-electron chi connectivity index (χ1n) is 3.22. The lowest BCUT2D eigenvalue weighted by Gasteiger charge is -2.10. The van der Waals surface area contributed by atoms with Gasteiger partial charge in [0.25, 0.3) is 0 Å². The van der Waals surface area contributed by atoms with Gasteiger partial charge in [-0.3, -0.25) is 5.43 Å². The minimum absolute atomic E-state index is 0.111. The molecule has 0 saturated carbocycles. The Bertz CT molecular complexity index is 285. The SMILES string of the molecule is NC1=NC=NC2C=C1C=NN2. The van der Waals surface area contributed by atoms with Crippen LogP contribution in [0.4, 0.5) is 0 Å². The summed E-state index contributed by atoms with van der Waals surface area (Å²) in [6.07, 6.45) is 4.82. The third-order valence-corrected chi connectivity index (χ3v) is 1.47. The number of rotatable bonds is 0. The van der Waals surface area contributed by atoms with Crippen molar-refractivity contribution < 1.29 is 0 Å². The third kappa shape index (κ3) is 1.000. The van der Waals surface area contributed by atoms with Crippen LogP contribution in [0.1, 0.15) is 0 Å². The zero-order valence-electron chi connectivity index (χ0n) is 5.73. The highest BCUT2D eigenvalue weighted by molar-refractivity contribution is 6.16. The molecule has 3 N–H and O–H groups in total. The summed E-state index contributed by atoms with van der Waals surface area (Å²) in [5.41, 5.74) is 9.16. The zero-order valence-corrected chi connectivity index (χ0v) is 5.73. The van der Waals surface area contributed by atoms with Crippen molar-refractivity contribution in [2.24, 2.45) is 20.8 Å². The average molecular weight is 149 g/mol. The fourth-order valence-electron chi connectivity index (χ4n) is 0.903. The summed E-state index contributed by atoms with van der Waals surface area (Å²) in [4.78, 5) is 7.87. The summed E-state index contributed by atoms with van der Waals surface area (Å²) in [6, 6.07) is 0. The minimum Gasteiger partial charge on any atom is -0.383 e. The van der Waals surface area contributed by atoms with E-state index >= 15 is 0 Å². The second-order valence-corrected chi connectivity index (χ2v) is 2.23. The van der Waals surface area contributed by atoms with Gasteiger partial charge in [-0.15, -0.1) is 0 Å². The van der Waals surface area contributed by atoms with Crippen LogP contribution in [0, 0.1) is 0 Å². The zero-order chi connectivity index (χ0) is 7.68. The lowest BCUT2D eigenvalue weighted by Crippen LogP contribution is -2.26. The molecule has 2 aliphatic heterocycles. The number of hydrogen-bond acceptors (Lipinski definition) is 5. The highest BCUT2D eigenvalue weighted by Gasteiger charge is 2.11. The van der Waals surface area contributed by atoms with Gasteiger partial charge in [0.15, 0.2) is 6.17 Å². The van der Waals surface area contributed by atoms with Crippen LogP contribution in [-0.2, 0) is 0 Å². The molecule has 0 amide bonds. The van der Waals surface area contributed by atoms with E-state index in [-0.39, 0.29) is 6.17 Å². The van der Waals surface area contributed by atoms with Gasteiger partial charge in [0, 0.05) is 5.57 Å². The van der Waals surface area contributed by atoms with Gasteiger partial charge in [-0.1, -0.05) is 0 Å². The maximum Gasteiger partial charge on any atom is 0.155 e. The smallest absolute Gasteiger partial charge is 0.155 e. The molecular weight excluding hydrogens is 142 g/mol. The van der Waals surface area contributed by atoms with Crippen LogP contribution in [0.3, 0.4) is 0 Å². The van der Waals surface area contributed by atoms with E-state index in [2.05, 4.69) is 20.5 Å². The Kier molecular flexibility index (Phi) is 1.21. The van der Waals surface area contributed by atoms with E-state index in [1.54, 1.807) is 6.21 Å². The molecule has 1 atom stereocenters. The van der Waals surface area contributed by atoms with Gasteiger partial charge in [-0.05, 0) is 6.08 Å². The molecule has 0 aromatic rings. The molecule has 11 heavy (non-hydrogen) atoms. The van der Waals surface area contributed by atoms with Crippen molar-refractivity contribution in [1.82, 2.24) is 5.43 Å². The molecular formula is C6H7N5. The third-order valence-electron chi connectivity index (χ3n) is 1.47. The first-order chi connectivity index (χ1) is 5.36. The molecule has 0 aliphatic carbocycles. The first kappa shape index (κ1) is 6.09. The standard InChI is InChI=1S/C6H7N5/c7-6-4-1-5(8-3-9-6)11-10-2-4/h1-3,5,11H,(H2,7,8,9). The van der Waals surface area contributed by atoms with Crippen molar-refractivity contribution >= 4 is 18.4 Å². The van der Waals surface area contributed by atoms with E-state index in [0.717, 1.165) is 5.57 Å². The van der Waals surface area contributed by atoms with Crippen LogP contribution in [0.2, 0.25) is 0 Å². The number of nitrogens with zero attached hydrogens (tertiary/aromatic N) is 3. The monoisotopic (exact) mass is 149 g/mol. The van der Waals surface area contributed by atoms with Gasteiger partial charge in [-0.2, -0.15) is 5.10 Å². The average Bonchev–Trinajstić information content (AvgIpc) is 2.14. The second kappa shape index (κ2) is 2.19. The molecule has 0 radical (unpaired) electrons. The summed E-state index contributed by atoms with van der Waals surface area (Å²) < 4.78 is 0. The number of aliphatic imine (C=N–C) groups is 2. The van der Waals surface area contributed by atoms with Crippen LogP contribution < -0.4 is 11.2 Å². The lowest BCUT2D eigenvalue weighted by molar-refractivity contribution is 0.646. The minimum atomic E-state index is -0.111. The normalized spacial score (nSPS) is 26.7. The van der Waals surface area contributed by atoms with Crippen LogP contribution in [0.15, 0.2) is 26.7 Å². The Hall–Kier alpha value is -1.65. The lowest BCUT2D eigenvalue weighted by atomic mass is 10.2. The van der Waals surface area contributed by atoms with E-state index in [1.807, 2.05) is 6.08 Å². The molecule has 0 aromatic carbocycles. The van der Waals surface area contributed by atoms with Gasteiger partial charge in [0.05, 0.1) is 6.21 Å². The number of amidine groups is 1. The van der Waals surface area contributed by atoms with Crippen molar-refractivity contribution in [1.29, 1.82) is 0 Å². The molecule has 2 heterocycles. The molecule has 2 bridgehead atoms. The van der Waals surface area contributed by atoms with Gasteiger partial charge in [0.2, 0.25) is 0 Å². The topological polar surface area (TPSA) is 75.1 Å². The van der Waals surface area contributed by atoms with E-state index in [4.69, 9.17) is 5.73 Å². The van der Waals surface area contributed by atoms with Gasteiger partial charge in [0.1, 0.15) is 12.2 Å². The molecule has 0 aromatic heterocycles. The van der Waals surface area contributed by atoms with Crippen molar-refractivity contribution in [2.75, 3.05) is 0 Å². The number of hydrazone groups is 1. The first-order valence-corrected chi connectivity index (χ1v) is 3.22. The van der Waals surface area contributed by atoms with Crippen LogP contribution in [-0.4, -0.2) is 24.6 Å². The van der Waals surface area contributed by atoms with E-state index in [0.29, 0.717) is 5.84 Å². The predicted molar refractivity (Wildman–Crippen MR) is 43.6 cm³/mol. The Morgan fingerprint density at radius 2 is 2.45 bits per heavy atom. The summed E-state index contributed by atoms with van der Waals surface area (Å²) in [5, 5.41) is 3.85. The van der Waals surface area contributed by atoms with Crippen LogP contribution in [0.25, 0.3) is 0 Å². The fraction of sp³-hybridized carbons (Fsp3) is 0.167. The largest absolute Gasteiger partial charge is 0.383 e. The maximum absolute atomic E-state index is 5.56. The van der Waals surface area contributed by atoms with Crippen molar-refractivity contribution in [3.05, 3.63) is 11.6 Å². The van der Waals surface area contributed by atoms with Crippen LogP contribution in [0.5, 0.6) is 0 Å². The number of fused-ring (bicyclic) bond motifs is 1. The summed E-state index contributed by atoms with van der Waals surface area (Å²) >= 11 is 0. The highest BCUT2D eigenvalue weighted by atomic mass is 15.4. The Morgan fingerprint density at radius 1 is 1.55 bits per heavy atom. The molecule has 2 aliphatic rings. The van der Waals surface area contributed by atoms with Gasteiger partial charge >= 0.3 is 0 Å². The van der Waals surface area contributed by atoms with Crippen molar-refractivity contribution in [2.45, 2.75) is 6.17 Å². The molecule has 56 valence electrons. The van der Waals surface area contributed by atoms with Gasteiger partial charge in [-0.25, -0.2) is 9.98 Å². The Morgan fingerprint density at radius 3 is 3.36 bits per heavy atom. The van der Waals surface area contributed by atoms with Crippen molar-refractivity contribution in [3.63, 3.8) is 0 Å². The van der Waals surface area contributed by atoms with Gasteiger partial charge < -0.3 is 5.73 Å². The molecule has 2 rings (SSSR count). The molecule has 5 heteroatoms. The van der Waals surface area contributed by atoms with E-state index in [9.17, 15) is 0 Å². The molecule has 0 spiro atoms. The maximum atomic E-state index is 5.56. The second-order valence-electron chi connectivity index (χ2n) is 2.23. The summed E-state index contributed by atoms with van der Waals surface area (Å²) in [7, 11) is 0. The van der Waals surface area contributed by atoms with E-state index < -0.39 is 0 Å². The number of hydrogen-bond donors (Lipinski definition) is 2. The van der Waals surface area contributed by atoms with E-state index in [1.165, 1.54) is 6.34 Å². The highest BCUT2D eigenvalue weighted by Crippen LogP contribution is 2.03. The molecule has 1 unspecified atom stereocenters. The molecule has 0 saturated heterocycles. The Labute approximate surface area is 63.4 Å². The Balaban J connectivity index is 2.42. The molecule has 0 fully saturated rings. The van der Waals surface area contributed by atoms with Crippen LogP contribution >= 0.6 is 0 Å². The summed E-state index contributed by atoms with van der Waals surface area (Å²) in [5.74, 6) is 0.460. The van der Waals surface area contributed by atoms with Crippen molar-refractivity contribution in [3.8, 4) is 0 Å².